The van der Waals surface area contributed by atoms with Gasteiger partial charge in [-0.15, -0.1) is 11.3 Å². The molecule has 1 aliphatic rings. The first kappa shape index (κ1) is 23.3. The number of amides is 2. The molecule has 0 aliphatic carbocycles. The standard InChI is InChI=1S/C19H29N3O6S/c1-2-28-15(23)6-8-21-9-11-22(12-10-21)19(27)17(25)16(24)18(26)20-7-5-14-4-3-13-29-14/h3-4,13,16-17,24-25H,2,5-12H2,1H3,(H,20,26). The van der Waals surface area contributed by atoms with Gasteiger partial charge in [-0.1, -0.05) is 6.07 Å². The fourth-order valence-electron chi connectivity index (χ4n) is 3.01. The zero-order valence-corrected chi connectivity index (χ0v) is 17.4. The average Bonchev–Trinajstić information content (AvgIpc) is 3.24. The summed E-state index contributed by atoms with van der Waals surface area (Å²) in [5.41, 5.74) is 0. The maximum atomic E-state index is 12.4. The first-order valence-electron chi connectivity index (χ1n) is 9.75. The van der Waals surface area contributed by atoms with Crippen molar-refractivity contribution in [1.82, 2.24) is 15.1 Å². The van der Waals surface area contributed by atoms with Gasteiger partial charge in [0.15, 0.2) is 12.2 Å². The van der Waals surface area contributed by atoms with Crippen LogP contribution in [0.15, 0.2) is 17.5 Å². The predicted molar refractivity (Wildman–Crippen MR) is 107 cm³/mol. The molecule has 0 saturated carbocycles. The monoisotopic (exact) mass is 427 g/mol. The summed E-state index contributed by atoms with van der Waals surface area (Å²) in [6, 6.07) is 3.85. The number of esters is 1. The minimum atomic E-state index is -1.81. The van der Waals surface area contributed by atoms with E-state index in [1.54, 1.807) is 18.3 Å². The maximum Gasteiger partial charge on any atom is 0.307 e. The molecule has 10 heteroatoms. The minimum Gasteiger partial charge on any atom is -0.466 e. The first-order valence-corrected chi connectivity index (χ1v) is 10.6. The van der Waals surface area contributed by atoms with E-state index in [4.69, 9.17) is 4.74 Å². The molecule has 9 nitrogen and oxygen atoms in total. The molecule has 1 aromatic heterocycles. The molecule has 2 unspecified atom stereocenters. The summed E-state index contributed by atoms with van der Waals surface area (Å²) in [4.78, 5) is 40.4. The van der Waals surface area contributed by atoms with Crippen molar-refractivity contribution in [3.05, 3.63) is 22.4 Å². The Labute approximate surface area is 174 Å². The smallest absolute Gasteiger partial charge is 0.307 e. The van der Waals surface area contributed by atoms with Gasteiger partial charge >= 0.3 is 5.97 Å². The highest BCUT2D eigenvalue weighted by Gasteiger charge is 2.34. The van der Waals surface area contributed by atoms with E-state index < -0.39 is 24.0 Å². The second kappa shape index (κ2) is 11.9. The average molecular weight is 428 g/mol. The number of carbonyl (C=O) groups is 3. The molecule has 2 rings (SSSR count). The molecule has 3 N–H and O–H groups in total. The normalized spacial score (nSPS) is 16.9. The Morgan fingerprint density at radius 1 is 1.21 bits per heavy atom. The zero-order valence-electron chi connectivity index (χ0n) is 16.6. The lowest BCUT2D eigenvalue weighted by molar-refractivity contribution is -0.154. The van der Waals surface area contributed by atoms with Crippen LogP contribution < -0.4 is 5.32 Å². The quantitative estimate of drug-likeness (QED) is 0.419. The molecule has 2 atom stereocenters. The number of rotatable bonds is 10. The van der Waals surface area contributed by atoms with Crippen molar-refractivity contribution in [2.75, 3.05) is 45.9 Å². The highest BCUT2D eigenvalue weighted by Crippen LogP contribution is 2.09. The number of hydrogen-bond donors (Lipinski definition) is 3. The van der Waals surface area contributed by atoms with Crippen LogP contribution in [0.4, 0.5) is 0 Å². The van der Waals surface area contributed by atoms with Gasteiger partial charge in [0, 0.05) is 44.1 Å². The summed E-state index contributed by atoms with van der Waals surface area (Å²) in [7, 11) is 0. The molecule has 1 saturated heterocycles. The van der Waals surface area contributed by atoms with Crippen molar-refractivity contribution < 1.29 is 29.3 Å². The molecule has 162 valence electrons. The molecule has 1 fully saturated rings. The van der Waals surface area contributed by atoms with Crippen molar-refractivity contribution in [3.63, 3.8) is 0 Å². The largest absolute Gasteiger partial charge is 0.466 e. The lowest BCUT2D eigenvalue weighted by atomic mass is 10.1. The third-order valence-electron chi connectivity index (χ3n) is 4.69. The van der Waals surface area contributed by atoms with E-state index >= 15 is 0 Å². The van der Waals surface area contributed by atoms with Crippen LogP contribution in [0.25, 0.3) is 0 Å². The first-order chi connectivity index (χ1) is 13.9. The number of ether oxygens (including phenoxy) is 1. The van der Waals surface area contributed by atoms with Crippen LogP contribution in [0, 0.1) is 0 Å². The summed E-state index contributed by atoms with van der Waals surface area (Å²) in [6.45, 7) is 4.75. The molecule has 2 heterocycles. The lowest BCUT2D eigenvalue weighted by Crippen LogP contribution is -2.55. The fourth-order valence-corrected chi connectivity index (χ4v) is 3.72. The van der Waals surface area contributed by atoms with Crippen LogP contribution in [0.2, 0.25) is 0 Å². The molecule has 2 amide bonds. The van der Waals surface area contributed by atoms with Crippen molar-refractivity contribution >= 4 is 29.1 Å². The highest BCUT2D eigenvalue weighted by atomic mass is 32.1. The maximum absolute atomic E-state index is 12.4. The van der Waals surface area contributed by atoms with Gasteiger partial charge in [-0.3, -0.25) is 19.3 Å². The van der Waals surface area contributed by atoms with Gasteiger partial charge in [-0.25, -0.2) is 0 Å². The van der Waals surface area contributed by atoms with Gasteiger partial charge < -0.3 is 25.2 Å². The second-order valence-electron chi connectivity index (χ2n) is 6.73. The number of piperazine rings is 1. The molecule has 0 aromatic carbocycles. The summed E-state index contributed by atoms with van der Waals surface area (Å²) < 4.78 is 4.89. The van der Waals surface area contributed by atoms with Crippen LogP contribution in [-0.4, -0.2) is 95.9 Å². The van der Waals surface area contributed by atoms with Gasteiger partial charge in [0.05, 0.1) is 13.0 Å². The highest BCUT2D eigenvalue weighted by molar-refractivity contribution is 7.09. The molecule has 0 spiro atoms. The lowest BCUT2D eigenvalue weighted by Gasteiger charge is -2.35. The molecule has 29 heavy (non-hydrogen) atoms. The van der Waals surface area contributed by atoms with Crippen LogP contribution in [0.1, 0.15) is 18.2 Å². The Morgan fingerprint density at radius 2 is 1.93 bits per heavy atom. The van der Waals surface area contributed by atoms with E-state index in [9.17, 15) is 24.6 Å². The minimum absolute atomic E-state index is 0.255. The van der Waals surface area contributed by atoms with Crippen LogP contribution >= 0.6 is 11.3 Å². The number of hydrogen-bond acceptors (Lipinski definition) is 8. The number of thiophene rings is 1. The number of aliphatic hydroxyl groups excluding tert-OH is 2. The van der Waals surface area contributed by atoms with E-state index in [1.165, 1.54) is 4.90 Å². The van der Waals surface area contributed by atoms with Crippen molar-refractivity contribution in [3.8, 4) is 0 Å². The van der Waals surface area contributed by atoms with Crippen molar-refractivity contribution in [2.24, 2.45) is 0 Å². The van der Waals surface area contributed by atoms with E-state index in [0.29, 0.717) is 52.3 Å². The van der Waals surface area contributed by atoms with Gasteiger partial charge in [0.25, 0.3) is 11.8 Å². The Balaban J connectivity index is 1.70. The number of nitrogens with one attached hydrogen (secondary N) is 1. The van der Waals surface area contributed by atoms with Crippen molar-refractivity contribution in [1.29, 1.82) is 0 Å². The van der Waals surface area contributed by atoms with Crippen LogP contribution in [-0.2, 0) is 25.5 Å². The van der Waals surface area contributed by atoms with Gasteiger partial charge in [-0.2, -0.15) is 0 Å². The number of carbonyl (C=O) groups excluding carboxylic acids is 3. The van der Waals surface area contributed by atoms with E-state index in [2.05, 4.69) is 5.32 Å². The van der Waals surface area contributed by atoms with Crippen molar-refractivity contribution in [2.45, 2.75) is 32.0 Å². The summed E-state index contributed by atoms with van der Waals surface area (Å²) in [5, 5.41) is 24.6. The van der Waals surface area contributed by atoms with Gasteiger partial charge in [0.2, 0.25) is 0 Å². The van der Waals surface area contributed by atoms with E-state index in [-0.39, 0.29) is 12.4 Å². The molecular weight excluding hydrogens is 398 g/mol. The predicted octanol–water partition coefficient (Wildman–Crippen LogP) is -0.774. The molecule has 1 aliphatic heterocycles. The van der Waals surface area contributed by atoms with Gasteiger partial charge in [0.1, 0.15) is 0 Å². The SMILES string of the molecule is CCOC(=O)CCN1CCN(C(=O)C(O)C(O)C(=O)NCCc2cccs2)CC1. The summed E-state index contributed by atoms with van der Waals surface area (Å²) in [5.74, 6) is -1.69. The van der Waals surface area contributed by atoms with E-state index in [0.717, 1.165) is 4.88 Å². The second-order valence-corrected chi connectivity index (χ2v) is 7.76. The van der Waals surface area contributed by atoms with Crippen LogP contribution in [0.5, 0.6) is 0 Å². The third kappa shape index (κ3) is 7.39. The zero-order chi connectivity index (χ0) is 21.2. The Hall–Kier alpha value is -2.01. The Bertz CT molecular complexity index is 661. The molecule has 1 aromatic rings. The van der Waals surface area contributed by atoms with E-state index in [1.807, 2.05) is 22.4 Å². The van der Waals surface area contributed by atoms with Crippen LogP contribution in [0.3, 0.4) is 0 Å². The fraction of sp³-hybridized carbons (Fsp3) is 0.632. The van der Waals surface area contributed by atoms with Gasteiger partial charge in [-0.05, 0) is 24.8 Å². The summed E-state index contributed by atoms with van der Waals surface area (Å²) >= 11 is 1.57. The molecule has 0 radical (unpaired) electrons. The molecule has 0 bridgehead atoms. The third-order valence-corrected chi connectivity index (χ3v) is 5.63. The number of aliphatic hydroxyl groups is 2. The Morgan fingerprint density at radius 3 is 2.55 bits per heavy atom. The number of nitrogens with zero attached hydrogens (tertiary/aromatic N) is 2. The Kier molecular flexibility index (Phi) is 9.52. The molecular formula is C19H29N3O6S. The topological polar surface area (TPSA) is 119 Å². The summed E-state index contributed by atoms with van der Waals surface area (Å²) in [6.07, 6.45) is -2.71.